The van der Waals surface area contributed by atoms with Gasteiger partial charge in [0.15, 0.2) is 11.6 Å². The smallest absolute Gasteiger partial charge is 0.165 e. The number of halogens is 1. The normalized spacial score (nSPS) is 12.4. The number of rotatable bonds is 8. The van der Waals surface area contributed by atoms with Crippen molar-refractivity contribution in [2.75, 3.05) is 25.2 Å². The molecule has 1 atom stereocenters. The quantitative estimate of drug-likeness (QED) is 0.730. The molecule has 0 radical (unpaired) electrons. The summed E-state index contributed by atoms with van der Waals surface area (Å²) in [6.45, 7) is 5.18. The second-order valence-corrected chi connectivity index (χ2v) is 5.51. The van der Waals surface area contributed by atoms with E-state index in [-0.39, 0.29) is 11.9 Å². The molecule has 0 amide bonds. The first-order valence-electron chi connectivity index (χ1n) is 6.33. The fourth-order valence-corrected chi connectivity index (χ4v) is 2.34. The zero-order valence-electron chi connectivity index (χ0n) is 11.3. The van der Waals surface area contributed by atoms with Crippen molar-refractivity contribution in [1.29, 1.82) is 0 Å². The lowest BCUT2D eigenvalue weighted by atomic mass is 10.1. The van der Waals surface area contributed by atoms with Crippen LogP contribution in [0.3, 0.4) is 0 Å². The van der Waals surface area contributed by atoms with Crippen LogP contribution in [0.2, 0.25) is 0 Å². The molecule has 2 nitrogen and oxygen atoms in total. The number of nitrogens with one attached hydrogen (secondary N) is 1. The number of ether oxygens (including phenoxy) is 1. The van der Waals surface area contributed by atoms with Crippen LogP contribution in [0.1, 0.15) is 31.9 Å². The first kappa shape index (κ1) is 15.3. The highest BCUT2D eigenvalue weighted by Crippen LogP contribution is 2.21. The predicted octanol–water partition coefficient (Wildman–Crippen LogP) is 3.63. The van der Waals surface area contributed by atoms with Gasteiger partial charge in [0.2, 0.25) is 0 Å². The Balaban J connectivity index is 2.41. The van der Waals surface area contributed by atoms with E-state index in [0.29, 0.717) is 5.75 Å². The summed E-state index contributed by atoms with van der Waals surface area (Å²) in [4.78, 5) is 0. The zero-order chi connectivity index (χ0) is 13.4. The minimum absolute atomic E-state index is 0.164. The molecule has 0 bridgehead atoms. The first-order chi connectivity index (χ1) is 8.69. The summed E-state index contributed by atoms with van der Waals surface area (Å²) in [5.74, 6) is 2.34. The van der Waals surface area contributed by atoms with E-state index in [1.54, 1.807) is 6.07 Å². The van der Waals surface area contributed by atoms with Gasteiger partial charge in [0, 0.05) is 6.04 Å². The maximum absolute atomic E-state index is 13.5. The van der Waals surface area contributed by atoms with Crippen molar-refractivity contribution in [3.63, 3.8) is 0 Å². The first-order valence-corrected chi connectivity index (χ1v) is 7.49. The van der Waals surface area contributed by atoms with Crippen LogP contribution in [0.5, 0.6) is 5.75 Å². The number of hydrogen-bond donors (Lipinski definition) is 1. The predicted molar refractivity (Wildman–Crippen MR) is 77.0 cm³/mol. The Hall–Kier alpha value is -0.740. The number of thioether (sulfide) groups is 1. The van der Waals surface area contributed by atoms with Crippen LogP contribution in [0.25, 0.3) is 0 Å². The Morgan fingerprint density at radius 2 is 2.22 bits per heavy atom. The van der Waals surface area contributed by atoms with Crippen LogP contribution >= 0.6 is 11.8 Å². The van der Waals surface area contributed by atoms with Crippen molar-refractivity contribution in [3.8, 4) is 5.75 Å². The van der Waals surface area contributed by atoms with Crippen molar-refractivity contribution in [3.05, 3.63) is 29.6 Å². The molecule has 0 spiro atoms. The average Bonchev–Trinajstić information content (AvgIpc) is 2.38. The molecular weight excluding hydrogens is 249 g/mol. The summed E-state index contributed by atoms with van der Waals surface area (Å²) in [6, 6.07) is 5.28. The maximum atomic E-state index is 13.5. The van der Waals surface area contributed by atoms with E-state index in [4.69, 9.17) is 4.74 Å². The number of hydrogen-bond acceptors (Lipinski definition) is 3. The van der Waals surface area contributed by atoms with Gasteiger partial charge in [-0.3, -0.25) is 0 Å². The number of benzene rings is 1. The Bertz CT molecular complexity index is 360. The van der Waals surface area contributed by atoms with Crippen LogP contribution in [0.4, 0.5) is 4.39 Å². The molecule has 1 rings (SSSR count). The van der Waals surface area contributed by atoms with Gasteiger partial charge in [-0.1, -0.05) is 13.0 Å². The third-order valence-corrected chi connectivity index (χ3v) is 3.78. The van der Waals surface area contributed by atoms with Gasteiger partial charge in [-0.25, -0.2) is 4.39 Å². The van der Waals surface area contributed by atoms with Crippen LogP contribution in [-0.2, 0) is 0 Å². The summed E-state index contributed by atoms with van der Waals surface area (Å²) in [6.07, 6.45) is 1.14. The molecule has 0 aliphatic carbocycles. The molecule has 1 N–H and O–H groups in total. The summed E-state index contributed by atoms with van der Waals surface area (Å²) in [5, 5.41) is 3.40. The molecule has 1 unspecified atom stereocenters. The molecular formula is C14H22FNOS. The van der Waals surface area contributed by atoms with Gasteiger partial charge in [-0.05, 0) is 49.1 Å². The monoisotopic (exact) mass is 271 g/mol. The Labute approximate surface area is 113 Å². The zero-order valence-corrected chi connectivity index (χ0v) is 12.1. The second kappa shape index (κ2) is 8.38. The molecule has 0 fully saturated rings. The molecule has 1 aromatic rings. The lowest BCUT2D eigenvalue weighted by Crippen LogP contribution is -2.20. The molecule has 0 aliphatic heterocycles. The van der Waals surface area contributed by atoms with Crippen LogP contribution in [0, 0.1) is 5.82 Å². The van der Waals surface area contributed by atoms with Crippen molar-refractivity contribution >= 4 is 11.8 Å². The third kappa shape index (κ3) is 4.86. The van der Waals surface area contributed by atoms with E-state index in [0.717, 1.165) is 18.5 Å². The lowest BCUT2D eigenvalue weighted by molar-refractivity contribution is 0.385. The summed E-state index contributed by atoms with van der Waals surface area (Å²) in [5.41, 5.74) is 0.955. The standard InChI is InChI=1S/C14H22FNOS/c1-4-18-9-5-8-16-11(2)12-6-7-14(17-3)13(15)10-12/h6-7,10-11,16H,4-5,8-9H2,1-3H3. The van der Waals surface area contributed by atoms with Crippen LogP contribution in [-0.4, -0.2) is 25.2 Å². The Morgan fingerprint density at radius 1 is 1.44 bits per heavy atom. The topological polar surface area (TPSA) is 21.3 Å². The van der Waals surface area contributed by atoms with E-state index < -0.39 is 0 Å². The molecule has 0 aromatic heterocycles. The van der Waals surface area contributed by atoms with Gasteiger partial charge in [-0.15, -0.1) is 0 Å². The van der Waals surface area contributed by atoms with E-state index in [1.807, 2.05) is 24.8 Å². The average molecular weight is 271 g/mol. The third-order valence-electron chi connectivity index (χ3n) is 2.80. The van der Waals surface area contributed by atoms with Gasteiger partial charge in [0.05, 0.1) is 7.11 Å². The van der Waals surface area contributed by atoms with Crippen molar-refractivity contribution in [2.24, 2.45) is 0 Å². The molecule has 102 valence electrons. The van der Waals surface area contributed by atoms with Crippen LogP contribution < -0.4 is 10.1 Å². The minimum Gasteiger partial charge on any atom is -0.494 e. The second-order valence-electron chi connectivity index (χ2n) is 4.12. The van der Waals surface area contributed by atoms with E-state index in [1.165, 1.54) is 24.7 Å². The fourth-order valence-electron chi connectivity index (χ4n) is 1.71. The van der Waals surface area contributed by atoms with Gasteiger partial charge in [-0.2, -0.15) is 11.8 Å². The summed E-state index contributed by atoms with van der Waals surface area (Å²) < 4.78 is 18.5. The fraction of sp³-hybridized carbons (Fsp3) is 0.571. The number of methoxy groups -OCH3 is 1. The van der Waals surface area contributed by atoms with Crippen molar-refractivity contribution in [1.82, 2.24) is 5.32 Å². The highest BCUT2D eigenvalue weighted by Gasteiger charge is 2.08. The minimum atomic E-state index is -0.301. The van der Waals surface area contributed by atoms with Gasteiger partial charge < -0.3 is 10.1 Å². The highest BCUT2D eigenvalue weighted by atomic mass is 32.2. The van der Waals surface area contributed by atoms with E-state index in [9.17, 15) is 4.39 Å². The molecule has 0 saturated carbocycles. The SMILES string of the molecule is CCSCCCNC(C)c1ccc(OC)c(F)c1. The summed E-state index contributed by atoms with van der Waals surface area (Å²) in [7, 11) is 1.48. The molecule has 0 aliphatic rings. The molecule has 1 aromatic carbocycles. The molecule has 4 heteroatoms. The largest absolute Gasteiger partial charge is 0.494 e. The Morgan fingerprint density at radius 3 is 2.83 bits per heavy atom. The maximum Gasteiger partial charge on any atom is 0.165 e. The van der Waals surface area contributed by atoms with E-state index >= 15 is 0 Å². The van der Waals surface area contributed by atoms with Gasteiger partial charge in [0.1, 0.15) is 0 Å². The van der Waals surface area contributed by atoms with Gasteiger partial charge >= 0.3 is 0 Å². The Kier molecular flexibility index (Phi) is 7.13. The summed E-state index contributed by atoms with van der Waals surface area (Å²) >= 11 is 1.95. The van der Waals surface area contributed by atoms with E-state index in [2.05, 4.69) is 12.2 Å². The highest BCUT2D eigenvalue weighted by molar-refractivity contribution is 7.99. The molecule has 0 saturated heterocycles. The molecule has 0 heterocycles. The van der Waals surface area contributed by atoms with Gasteiger partial charge in [0.25, 0.3) is 0 Å². The van der Waals surface area contributed by atoms with Crippen LogP contribution in [0.15, 0.2) is 18.2 Å². The molecule has 18 heavy (non-hydrogen) atoms. The van der Waals surface area contributed by atoms with Crippen molar-refractivity contribution in [2.45, 2.75) is 26.3 Å². The lowest BCUT2D eigenvalue weighted by Gasteiger charge is -2.15. The van der Waals surface area contributed by atoms with Crippen molar-refractivity contribution < 1.29 is 9.13 Å².